The molecule has 1 heterocycles. The highest BCUT2D eigenvalue weighted by atomic mass is 16.6. The van der Waals surface area contributed by atoms with Crippen molar-refractivity contribution in [3.63, 3.8) is 0 Å². The third kappa shape index (κ3) is 7.25. The third-order valence-electron chi connectivity index (χ3n) is 5.01. The van der Waals surface area contributed by atoms with E-state index in [2.05, 4.69) is 0 Å². The SMILES string of the molecule is CC(C)N(C(=O)OC(C)(C)C)C1CCN(C(=O)OC/C=C/c2ccccc2[N+](=O)[O-])CC1. The van der Waals surface area contributed by atoms with E-state index in [4.69, 9.17) is 9.47 Å². The Morgan fingerprint density at radius 2 is 1.88 bits per heavy atom. The molecule has 0 atom stereocenters. The van der Waals surface area contributed by atoms with Crippen LogP contribution in [0.15, 0.2) is 30.3 Å². The summed E-state index contributed by atoms with van der Waals surface area (Å²) in [6, 6.07) is 6.34. The molecule has 0 unspecified atom stereocenters. The van der Waals surface area contributed by atoms with E-state index in [1.807, 2.05) is 34.6 Å². The van der Waals surface area contributed by atoms with Crippen LogP contribution in [-0.4, -0.2) is 64.3 Å². The lowest BCUT2D eigenvalue weighted by molar-refractivity contribution is -0.385. The molecule has 0 radical (unpaired) electrons. The van der Waals surface area contributed by atoms with Gasteiger partial charge in [-0.1, -0.05) is 12.1 Å². The van der Waals surface area contributed by atoms with Gasteiger partial charge < -0.3 is 19.3 Å². The summed E-state index contributed by atoms with van der Waals surface area (Å²) in [6.45, 7) is 10.4. The van der Waals surface area contributed by atoms with Gasteiger partial charge in [0.1, 0.15) is 12.2 Å². The summed E-state index contributed by atoms with van der Waals surface area (Å²) in [5, 5.41) is 11.0. The van der Waals surface area contributed by atoms with E-state index in [1.54, 1.807) is 40.2 Å². The highest BCUT2D eigenvalue weighted by Gasteiger charge is 2.34. The maximum atomic E-state index is 12.6. The fourth-order valence-corrected chi connectivity index (χ4v) is 3.60. The molecular formula is C23H33N3O6. The van der Waals surface area contributed by atoms with Gasteiger partial charge in [-0.3, -0.25) is 10.1 Å². The second kappa shape index (κ2) is 11.0. The van der Waals surface area contributed by atoms with Crippen LogP contribution in [0, 0.1) is 10.1 Å². The Bertz CT molecular complexity index is 838. The molecule has 2 rings (SSSR count). The lowest BCUT2D eigenvalue weighted by Crippen LogP contribution is -2.52. The molecule has 9 nitrogen and oxygen atoms in total. The summed E-state index contributed by atoms with van der Waals surface area (Å²) < 4.78 is 10.8. The zero-order chi connectivity index (χ0) is 23.9. The zero-order valence-corrected chi connectivity index (χ0v) is 19.4. The largest absolute Gasteiger partial charge is 0.445 e. The number of benzene rings is 1. The Hall–Kier alpha value is -3.10. The van der Waals surface area contributed by atoms with Crippen molar-refractivity contribution in [2.24, 2.45) is 0 Å². The minimum absolute atomic E-state index is 0.00292. The van der Waals surface area contributed by atoms with Crippen LogP contribution in [-0.2, 0) is 9.47 Å². The Morgan fingerprint density at radius 3 is 2.44 bits per heavy atom. The van der Waals surface area contributed by atoms with Gasteiger partial charge in [0.25, 0.3) is 5.69 Å². The summed E-state index contributed by atoms with van der Waals surface area (Å²) in [4.78, 5) is 39.0. The molecule has 1 aromatic carbocycles. The van der Waals surface area contributed by atoms with E-state index < -0.39 is 16.6 Å². The van der Waals surface area contributed by atoms with Crippen LogP contribution in [0.1, 0.15) is 53.0 Å². The second-order valence-electron chi connectivity index (χ2n) is 8.99. The van der Waals surface area contributed by atoms with Gasteiger partial charge in [0.05, 0.1) is 10.5 Å². The fourth-order valence-electron chi connectivity index (χ4n) is 3.60. The summed E-state index contributed by atoms with van der Waals surface area (Å²) >= 11 is 0. The predicted molar refractivity (Wildman–Crippen MR) is 121 cm³/mol. The molecule has 1 fully saturated rings. The van der Waals surface area contributed by atoms with Gasteiger partial charge in [0.15, 0.2) is 0 Å². The number of para-hydroxylation sites is 1. The number of rotatable bonds is 6. The van der Waals surface area contributed by atoms with E-state index >= 15 is 0 Å². The van der Waals surface area contributed by atoms with Crippen molar-refractivity contribution in [3.8, 4) is 0 Å². The molecule has 176 valence electrons. The second-order valence-corrected chi connectivity index (χ2v) is 8.99. The van der Waals surface area contributed by atoms with Gasteiger partial charge in [0, 0.05) is 31.2 Å². The van der Waals surface area contributed by atoms with Crippen molar-refractivity contribution in [1.29, 1.82) is 0 Å². The Morgan fingerprint density at radius 1 is 1.25 bits per heavy atom. The van der Waals surface area contributed by atoms with Crippen LogP contribution in [0.3, 0.4) is 0 Å². The van der Waals surface area contributed by atoms with Gasteiger partial charge in [0.2, 0.25) is 0 Å². The van der Waals surface area contributed by atoms with Crippen LogP contribution in [0.5, 0.6) is 0 Å². The standard InChI is InChI=1S/C23H33N3O6/c1-17(2)25(22(28)32-23(3,4)5)19-12-14-24(15-13-19)21(27)31-16-8-10-18-9-6-7-11-20(18)26(29)30/h6-11,17,19H,12-16H2,1-5H3/b10-8+. The number of piperidine rings is 1. The molecule has 0 spiro atoms. The first-order valence-corrected chi connectivity index (χ1v) is 10.8. The zero-order valence-electron chi connectivity index (χ0n) is 19.4. The van der Waals surface area contributed by atoms with Gasteiger partial charge in [-0.2, -0.15) is 0 Å². The summed E-state index contributed by atoms with van der Waals surface area (Å²) in [7, 11) is 0. The van der Waals surface area contributed by atoms with Crippen molar-refractivity contribution in [1.82, 2.24) is 9.80 Å². The minimum Gasteiger partial charge on any atom is -0.445 e. The van der Waals surface area contributed by atoms with E-state index in [0.717, 1.165) is 0 Å². The number of nitrogens with zero attached hydrogens (tertiary/aromatic N) is 3. The number of likely N-dealkylation sites (tertiary alicyclic amines) is 1. The van der Waals surface area contributed by atoms with E-state index in [0.29, 0.717) is 31.5 Å². The Balaban J connectivity index is 1.85. The van der Waals surface area contributed by atoms with Gasteiger partial charge in [-0.05, 0) is 65.7 Å². The van der Waals surface area contributed by atoms with Crippen LogP contribution in [0.2, 0.25) is 0 Å². The van der Waals surface area contributed by atoms with E-state index in [1.165, 1.54) is 6.07 Å². The monoisotopic (exact) mass is 447 g/mol. The van der Waals surface area contributed by atoms with Gasteiger partial charge >= 0.3 is 12.2 Å². The topological polar surface area (TPSA) is 102 Å². The summed E-state index contributed by atoms with van der Waals surface area (Å²) in [5.74, 6) is 0. The van der Waals surface area contributed by atoms with Crippen LogP contribution in [0.4, 0.5) is 15.3 Å². The first kappa shape index (κ1) is 25.2. The van der Waals surface area contributed by atoms with E-state index in [-0.39, 0.29) is 30.5 Å². The number of ether oxygens (including phenoxy) is 2. The third-order valence-corrected chi connectivity index (χ3v) is 5.01. The maximum Gasteiger partial charge on any atom is 0.410 e. The molecule has 1 aliphatic rings. The number of nitro benzene ring substituents is 1. The number of hydrogen-bond acceptors (Lipinski definition) is 6. The molecule has 32 heavy (non-hydrogen) atoms. The first-order valence-electron chi connectivity index (χ1n) is 10.8. The molecule has 0 N–H and O–H groups in total. The number of nitro groups is 1. The number of hydrogen-bond donors (Lipinski definition) is 0. The molecule has 0 aliphatic carbocycles. The average molecular weight is 448 g/mol. The number of carbonyl (C=O) groups is 2. The molecule has 0 saturated carbocycles. The highest BCUT2D eigenvalue weighted by Crippen LogP contribution is 2.23. The number of carbonyl (C=O) groups excluding carboxylic acids is 2. The van der Waals surface area contributed by atoms with Crippen molar-refractivity contribution < 1.29 is 24.0 Å². The smallest absolute Gasteiger partial charge is 0.410 e. The lowest BCUT2D eigenvalue weighted by atomic mass is 10.0. The summed E-state index contributed by atoms with van der Waals surface area (Å²) in [6.07, 6.45) is 3.64. The molecular weight excluding hydrogens is 414 g/mol. The molecule has 1 aromatic rings. The predicted octanol–water partition coefficient (Wildman–Crippen LogP) is 4.85. The van der Waals surface area contributed by atoms with Crippen LogP contribution < -0.4 is 0 Å². The van der Waals surface area contributed by atoms with Crippen molar-refractivity contribution in [2.75, 3.05) is 19.7 Å². The minimum atomic E-state index is -0.567. The first-order chi connectivity index (χ1) is 15.0. The van der Waals surface area contributed by atoms with Crippen molar-refractivity contribution in [3.05, 3.63) is 46.0 Å². The Labute approximate surface area is 189 Å². The average Bonchev–Trinajstić information content (AvgIpc) is 2.70. The lowest BCUT2D eigenvalue weighted by Gasteiger charge is -2.40. The highest BCUT2D eigenvalue weighted by molar-refractivity contribution is 5.70. The van der Waals surface area contributed by atoms with Gasteiger partial charge in [-0.15, -0.1) is 0 Å². The molecule has 2 amide bonds. The Kier molecular flexibility index (Phi) is 8.63. The fraction of sp³-hybridized carbons (Fsp3) is 0.565. The maximum absolute atomic E-state index is 12.6. The van der Waals surface area contributed by atoms with Crippen LogP contribution >= 0.6 is 0 Å². The molecule has 9 heteroatoms. The summed E-state index contributed by atoms with van der Waals surface area (Å²) in [5.41, 5.74) is -0.121. The van der Waals surface area contributed by atoms with Crippen molar-refractivity contribution >= 4 is 23.9 Å². The quantitative estimate of drug-likeness (QED) is 0.456. The molecule has 1 aliphatic heterocycles. The van der Waals surface area contributed by atoms with Crippen LogP contribution in [0.25, 0.3) is 6.08 Å². The molecule has 0 aromatic heterocycles. The molecule has 1 saturated heterocycles. The molecule has 0 bridgehead atoms. The normalized spacial score (nSPS) is 15.1. The number of amides is 2. The van der Waals surface area contributed by atoms with Crippen molar-refractivity contribution in [2.45, 2.75) is 65.1 Å². The van der Waals surface area contributed by atoms with E-state index in [9.17, 15) is 19.7 Å². The van der Waals surface area contributed by atoms with Gasteiger partial charge in [-0.25, -0.2) is 9.59 Å².